The molecule has 11 heavy (non-hydrogen) atoms. The van der Waals surface area contributed by atoms with Crippen molar-refractivity contribution in [1.29, 1.82) is 0 Å². The van der Waals surface area contributed by atoms with Gasteiger partial charge in [0.2, 0.25) is 0 Å². The van der Waals surface area contributed by atoms with Crippen LogP contribution in [-0.4, -0.2) is 0 Å². The van der Waals surface area contributed by atoms with E-state index in [1.54, 1.807) is 12.1 Å². The maximum Gasteiger partial charge on any atom is 0.124 e. The molecule has 0 aromatic heterocycles. The van der Waals surface area contributed by atoms with Crippen LogP contribution in [0.3, 0.4) is 0 Å². The van der Waals surface area contributed by atoms with Crippen molar-refractivity contribution in [2.24, 2.45) is 0 Å². The van der Waals surface area contributed by atoms with Crippen molar-refractivity contribution in [3.8, 4) is 0 Å². The standard InChI is InChI=1S/C6H4ClFS.C2H6/c7-9-6-3-1-2-5(8)4-6;1-2/h1-4H;1-2H3. The van der Waals surface area contributed by atoms with Crippen molar-refractivity contribution >= 4 is 21.7 Å². The molecule has 0 saturated heterocycles. The van der Waals surface area contributed by atoms with Gasteiger partial charge in [-0.1, -0.05) is 19.9 Å². The molecule has 0 atom stereocenters. The Hall–Kier alpha value is -0.210. The molecule has 0 nitrogen and oxygen atoms in total. The van der Waals surface area contributed by atoms with Crippen LogP contribution in [0.15, 0.2) is 29.2 Å². The van der Waals surface area contributed by atoms with E-state index in [-0.39, 0.29) is 5.82 Å². The first-order chi connectivity index (χ1) is 5.33. The van der Waals surface area contributed by atoms with E-state index in [1.165, 1.54) is 12.1 Å². The van der Waals surface area contributed by atoms with Crippen molar-refractivity contribution in [2.45, 2.75) is 18.7 Å². The van der Waals surface area contributed by atoms with Crippen LogP contribution in [0.25, 0.3) is 0 Å². The maximum absolute atomic E-state index is 12.3. The molecule has 0 unspecified atom stereocenters. The first kappa shape index (κ1) is 10.8. The van der Waals surface area contributed by atoms with Gasteiger partial charge in [-0.05, 0) is 39.9 Å². The molecule has 0 radical (unpaired) electrons. The molecule has 0 aliphatic heterocycles. The smallest absolute Gasteiger partial charge is 0.124 e. The van der Waals surface area contributed by atoms with Crippen LogP contribution in [0.5, 0.6) is 0 Å². The van der Waals surface area contributed by atoms with Gasteiger partial charge in [0.15, 0.2) is 0 Å². The third-order valence-electron chi connectivity index (χ3n) is 0.885. The van der Waals surface area contributed by atoms with Crippen molar-refractivity contribution < 1.29 is 4.39 Å². The Balaban J connectivity index is 0.000000461. The predicted molar refractivity (Wildman–Crippen MR) is 49.5 cm³/mol. The van der Waals surface area contributed by atoms with Gasteiger partial charge in [-0.15, -0.1) is 0 Å². The number of halogens is 2. The van der Waals surface area contributed by atoms with E-state index in [4.69, 9.17) is 10.7 Å². The van der Waals surface area contributed by atoms with Gasteiger partial charge in [0.1, 0.15) is 5.82 Å². The van der Waals surface area contributed by atoms with E-state index in [9.17, 15) is 4.39 Å². The van der Waals surface area contributed by atoms with Gasteiger partial charge in [-0.3, -0.25) is 0 Å². The minimum absolute atomic E-state index is 0.249. The van der Waals surface area contributed by atoms with E-state index in [0.717, 1.165) is 15.9 Å². The van der Waals surface area contributed by atoms with Crippen LogP contribution in [0.1, 0.15) is 13.8 Å². The lowest BCUT2D eigenvalue weighted by Gasteiger charge is -1.90. The highest BCUT2D eigenvalue weighted by Gasteiger charge is 1.91. The molecule has 1 rings (SSSR count). The van der Waals surface area contributed by atoms with Gasteiger partial charge in [0.25, 0.3) is 0 Å². The molecule has 0 fully saturated rings. The predicted octanol–water partition coefficient (Wildman–Crippen LogP) is 4.10. The van der Waals surface area contributed by atoms with E-state index < -0.39 is 0 Å². The summed E-state index contributed by atoms with van der Waals surface area (Å²) in [6.07, 6.45) is 0. The van der Waals surface area contributed by atoms with Gasteiger partial charge in [0.05, 0.1) is 0 Å². The van der Waals surface area contributed by atoms with Crippen molar-refractivity contribution in [3.63, 3.8) is 0 Å². The zero-order valence-corrected chi connectivity index (χ0v) is 8.05. The SMILES string of the molecule is CC.Fc1cccc(SCl)c1. The second-order valence-electron chi connectivity index (χ2n) is 1.53. The fraction of sp³-hybridized carbons (Fsp3) is 0.250. The van der Waals surface area contributed by atoms with Crippen LogP contribution >= 0.6 is 21.7 Å². The summed E-state index contributed by atoms with van der Waals surface area (Å²) < 4.78 is 12.3. The Labute approximate surface area is 75.3 Å². The quantitative estimate of drug-likeness (QED) is 0.646. The molecule has 1 aromatic carbocycles. The molecule has 3 heteroatoms. The summed E-state index contributed by atoms with van der Waals surface area (Å²) in [5.41, 5.74) is 0. The average molecular weight is 193 g/mol. The Morgan fingerprint density at radius 1 is 1.36 bits per heavy atom. The summed E-state index contributed by atoms with van der Waals surface area (Å²) in [4.78, 5) is 0.733. The summed E-state index contributed by atoms with van der Waals surface area (Å²) in [7, 11) is 6.36. The lowest BCUT2D eigenvalue weighted by molar-refractivity contribution is 0.624. The second-order valence-corrected chi connectivity index (χ2v) is 2.62. The van der Waals surface area contributed by atoms with E-state index >= 15 is 0 Å². The molecule has 0 spiro atoms. The fourth-order valence-corrected chi connectivity index (χ4v) is 1.09. The molecule has 0 amide bonds. The van der Waals surface area contributed by atoms with Gasteiger partial charge < -0.3 is 0 Å². The summed E-state index contributed by atoms with van der Waals surface area (Å²) in [6.45, 7) is 4.00. The third-order valence-corrected chi connectivity index (χ3v) is 1.85. The van der Waals surface area contributed by atoms with Crippen molar-refractivity contribution in [3.05, 3.63) is 30.1 Å². The topological polar surface area (TPSA) is 0 Å². The van der Waals surface area contributed by atoms with E-state index in [0.29, 0.717) is 0 Å². The summed E-state index contributed by atoms with van der Waals surface area (Å²) >= 11 is 0. The molecule has 0 aliphatic rings. The first-order valence-electron chi connectivity index (χ1n) is 3.37. The minimum Gasteiger partial charge on any atom is -0.207 e. The summed E-state index contributed by atoms with van der Waals surface area (Å²) in [6, 6.07) is 6.15. The third kappa shape index (κ3) is 4.27. The van der Waals surface area contributed by atoms with Crippen LogP contribution in [0.4, 0.5) is 4.39 Å². The molecule has 0 N–H and O–H groups in total. The molecule has 0 saturated carbocycles. The van der Waals surface area contributed by atoms with Gasteiger partial charge >= 0.3 is 0 Å². The van der Waals surface area contributed by atoms with Gasteiger partial charge in [-0.2, -0.15) is 0 Å². The lowest BCUT2D eigenvalue weighted by Crippen LogP contribution is -1.70. The van der Waals surface area contributed by atoms with Crippen molar-refractivity contribution in [2.75, 3.05) is 0 Å². The number of benzene rings is 1. The highest BCUT2D eigenvalue weighted by atomic mass is 35.7. The van der Waals surface area contributed by atoms with Crippen LogP contribution in [0, 0.1) is 5.82 Å². The Bertz CT molecular complexity index is 203. The molecule has 0 heterocycles. The molecule has 1 aromatic rings. The molecular formula is C8H10ClFS. The largest absolute Gasteiger partial charge is 0.207 e. The number of rotatable bonds is 1. The van der Waals surface area contributed by atoms with E-state index in [1.807, 2.05) is 13.8 Å². The monoisotopic (exact) mass is 192 g/mol. The highest BCUT2D eigenvalue weighted by molar-refractivity contribution is 8.21. The Morgan fingerprint density at radius 3 is 2.36 bits per heavy atom. The molecule has 62 valence electrons. The highest BCUT2D eigenvalue weighted by Crippen LogP contribution is 2.21. The van der Waals surface area contributed by atoms with Gasteiger partial charge in [0, 0.05) is 4.90 Å². The average Bonchev–Trinajstić information content (AvgIpc) is 2.08. The fourth-order valence-electron chi connectivity index (χ4n) is 0.515. The van der Waals surface area contributed by atoms with Crippen LogP contribution in [-0.2, 0) is 0 Å². The second kappa shape index (κ2) is 6.50. The number of hydrogen-bond donors (Lipinski definition) is 0. The van der Waals surface area contributed by atoms with Crippen LogP contribution in [0.2, 0.25) is 0 Å². The minimum atomic E-state index is -0.249. The van der Waals surface area contributed by atoms with Crippen LogP contribution < -0.4 is 0 Å². The Kier molecular flexibility index (Phi) is 6.37. The molecule has 0 aliphatic carbocycles. The zero-order chi connectivity index (χ0) is 8.69. The Morgan fingerprint density at radius 2 is 2.00 bits per heavy atom. The normalized spacial score (nSPS) is 8.36. The van der Waals surface area contributed by atoms with Gasteiger partial charge in [-0.25, -0.2) is 4.39 Å². The van der Waals surface area contributed by atoms with E-state index in [2.05, 4.69) is 0 Å². The number of hydrogen-bond acceptors (Lipinski definition) is 1. The molecule has 0 bridgehead atoms. The lowest BCUT2D eigenvalue weighted by atomic mass is 10.4. The summed E-state index contributed by atoms with van der Waals surface area (Å²) in [5, 5.41) is 0. The summed E-state index contributed by atoms with van der Waals surface area (Å²) in [5.74, 6) is -0.249. The maximum atomic E-state index is 12.3. The zero-order valence-electron chi connectivity index (χ0n) is 6.47. The first-order valence-corrected chi connectivity index (χ1v) is 5.01. The molecular weight excluding hydrogens is 183 g/mol. The van der Waals surface area contributed by atoms with Crippen molar-refractivity contribution in [1.82, 2.24) is 0 Å².